The van der Waals surface area contributed by atoms with Crippen LogP contribution < -0.4 is 9.64 Å². The lowest BCUT2D eigenvalue weighted by Crippen LogP contribution is -2.11. The van der Waals surface area contributed by atoms with Crippen LogP contribution in [0.4, 0.5) is 17.1 Å². The Morgan fingerprint density at radius 1 is 0.719 bits per heavy atom. The second-order valence-corrected chi connectivity index (χ2v) is 7.54. The molecule has 2 aromatic heterocycles. The zero-order valence-corrected chi connectivity index (χ0v) is 17.2. The third-order valence-electron chi connectivity index (χ3n) is 5.56. The molecule has 0 spiro atoms. The molecule has 0 fully saturated rings. The summed E-state index contributed by atoms with van der Waals surface area (Å²) in [4.78, 5) is 11.1. The van der Waals surface area contributed by atoms with Crippen molar-refractivity contribution in [1.29, 1.82) is 0 Å². The Kier molecular flexibility index (Phi) is 4.43. The zero-order valence-electron chi connectivity index (χ0n) is 17.2. The summed E-state index contributed by atoms with van der Waals surface area (Å²) < 4.78 is 11.8. The Morgan fingerprint density at radius 3 is 2.53 bits per heavy atom. The van der Waals surface area contributed by atoms with Gasteiger partial charge in [0.1, 0.15) is 18.6 Å². The van der Waals surface area contributed by atoms with Crippen molar-refractivity contribution in [3.05, 3.63) is 109 Å². The molecule has 6 rings (SSSR count). The van der Waals surface area contributed by atoms with E-state index in [2.05, 4.69) is 63.4 Å². The van der Waals surface area contributed by atoms with Gasteiger partial charge in [-0.2, -0.15) is 0 Å². The molecule has 5 heteroatoms. The number of pyridine rings is 1. The molecule has 0 aliphatic carbocycles. The van der Waals surface area contributed by atoms with Crippen LogP contribution in [0, 0.1) is 0 Å². The predicted molar refractivity (Wildman–Crippen MR) is 124 cm³/mol. The molecule has 0 N–H and O–H groups in total. The van der Waals surface area contributed by atoms with E-state index in [9.17, 15) is 0 Å². The van der Waals surface area contributed by atoms with Crippen molar-refractivity contribution in [2.75, 3.05) is 4.90 Å². The van der Waals surface area contributed by atoms with Gasteiger partial charge < -0.3 is 14.1 Å². The van der Waals surface area contributed by atoms with Crippen LogP contribution in [0.25, 0.3) is 22.7 Å². The van der Waals surface area contributed by atoms with Gasteiger partial charge in [0.2, 0.25) is 5.89 Å². The molecular weight excluding hydrogens is 398 g/mol. The number of ether oxygens (including phenoxy) is 1. The number of anilines is 3. The van der Waals surface area contributed by atoms with E-state index in [-0.39, 0.29) is 0 Å². The Morgan fingerprint density at radius 2 is 1.66 bits per heavy atom. The molecule has 0 unspecified atom stereocenters. The second-order valence-electron chi connectivity index (χ2n) is 7.54. The first-order valence-electron chi connectivity index (χ1n) is 10.4. The molecule has 1 aliphatic heterocycles. The van der Waals surface area contributed by atoms with Crippen LogP contribution in [0.2, 0.25) is 0 Å². The largest absolute Gasteiger partial charge is 0.487 e. The van der Waals surface area contributed by atoms with Gasteiger partial charge in [0.25, 0.3) is 0 Å². The maximum Gasteiger partial charge on any atom is 0.225 e. The van der Waals surface area contributed by atoms with Crippen molar-refractivity contribution in [2.45, 2.75) is 6.61 Å². The Bertz CT molecular complexity index is 1380. The van der Waals surface area contributed by atoms with Crippen LogP contribution in [-0.4, -0.2) is 9.97 Å². The second kappa shape index (κ2) is 7.71. The van der Waals surface area contributed by atoms with Gasteiger partial charge in [-0.3, -0.25) is 4.98 Å². The molecule has 0 saturated carbocycles. The highest BCUT2D eigenvalue weighted by Gasteiger charge is 2.24. The normalized spacial score (nSPS) is 12.4. The van der Waals surface area contributed by atoms with Crippen molar-refractivity contribution in [1.82, 2.24) is 9.97 Å². The first-order valence-corrected chi connectivity index (χ1v) is 10.4. The molecule has 3 aromatic carbocycles. The number of para-hydroxylation sites is 1. The molecule has 32 heavy (non-hydrogen) atoms. The monoisotopic (exact) mass is 417 g/mol. The maximum atomic E-state index is 6.21. The van der Waals surface area contributed by atoms with Crippen LogP contribution in [0.1, 0.15) is 5.56 Å². The Labute approximate surface area is 185 Å². The molecule has 0 bridgehead atoms. The lowest BCUT2D eigenvalue weighted by molar-refractivity contribution is 0.310. The van der Waals surface area contributed by atoms with E-state index in [0.29, 0.717) is 12.5 Å². The number of benzene rings is 3. The van der Waals surface area contributed by atoms with Gasteiger partial charge in [0.05, 0.1) is 23.3 Å². The van der Waals surface area contributed by atoms with Crippen LogP contribution in [0.5, 0.6) is 5.75 Å². The average molecular weight is 417 g/mol. The van der Waals surface area contributed by atoms with Crippen LogP contribution in [0.3, 0.4) is 0 Å². The standard InChI is InChI=1S/C27H19N3O2/c1-2-10-24-21(6-1)18-32-26-12-11-20(27-29-14-15-31-27)17-25(26)30(24)22-8-5-7-19(16-22)23-9-3-4-13-28-23/h1-17H,18H2. The fourth-order valence-electron chi connectivity index (χ4n) is 4.07. The van der Waals surface area contributed by atoms with Gasteiger partial charge in [-0.1, -0.05) is 36.4 Å². The summed E-state index contributed by atoms with van der Waals surface area (Å²) in [5.41, 5.74) is 7.03. The topological polar surface area (TPSA) is 51.4 Å². The first kappa shape index (κ1) is 18.4. The third kappa shape index (κ3) is 3.20. The van der Waals surface area contributed by atoms with E-state index in [1.165, 1.54) is 0 Å². The fourth-order valence-corrected chi connectivity index (χ4v) is 4.07. The van der Waals surface area contributed by atoms with E-state index in [1.54, 1.807) is 12.5 Å². The predicted octanol–water partition coefficient (Wildman–Crippen LogP) is 6.77. The quantitative estimate of drug-likeness (QED) is 0.324. The summed E-state index contributed by atoms with van der Waals surface area (Å²) in [7, 11) is 0. The molecule has 0 atom stereocenters. The molecule has 0 saturated heterocycles. The van der Waals surface area contributed by atoms with Crippen LogP contribution >= 0.6 is 0 Å². The van der Waals surface area contributed by atoms with Crippen LogP contribution in [0.15, 0.2) is 108 Å². The molecule has 0 radical (unpaired) electrons. The van der Waals surface area contributed by atoms with Gasteiger partial charge >= 0.3 is 0 Å². The van der Waals surface area contributed by atoms with E-state index >= 15 is 0 Å². The Balaban J connectivity index is 1.56. The summed E-state index contributed by atoms with van der Waals surface area (Å²) in [6.07, 6.45) is 5.05. The highest BCUT2D eigenvalue weighted by Crippen LogP contribution is 2.46. The number of rotatable bonds is 3. The van der Waals surface area contributed by atoms with Gasteiger partial charge in [0.15, 0.2) is 0 Å². The van der Waals surface area contributed by atoms with Crippen molar-refractivity contribution in [3.63, 3.8) is 0 Å². The molecule has 3 heterocycles. The minimum atomic E-state index is 0.498. The number of fused-ring (bicyclic) bond motifs is 2. The number of hydrogen-bond acceptors (Lipinski definition) is 5. The lowest BCUT2D eigenvalue weighted by Gasteiger charge is -2.26. The van der Waals surface area contributed by atoms with Crippen LogP contribution in [-0.2, 0) is 6.61 Å². The molecule has 1 aliphatic rings. The summed E-state index contributed by atoms with van der Waals surface area (Å²) in [6.45, 7) is 0.498. The smallest absolute Gasteiger partial charge is 0.225 e. The van der Waals surface area contributed by atoms with Gasteiger partial charge in [0, 0.05) is 28.6 Å². The van der Waals surface area contributed by atoms with E-state index in [4.69, 9.17) is 9.15 Å². The fraction of sp³-hybridized carbons (Fsp3) is 0.0370. The van der Waals surface area contributed by atoms with Crippen molar-refractivity contribution >= 4 is 17.1 Å². The highest BCUT2D eigenvalue weighted by molar-refractivity contribution is 5.86. The number of aromatic nitrogens is 2. The van der Waals surface area contributed by atoms with Crippen molar-refractivity contribution in [3.8, 4) is 28.5 Å². The minimum absolute atomic E-state index is 0.498. The maximum absolute atomic E-state index is 6.21. The van der Waals surface area contributed by atoms with Gasteiger partial charge in [-0.05, 0) is 48.5 Å². The number of hydrogen-bond donors (Lipinski definition) is 0. The Hall–Kier alpha value is -4.38. The molecule has 5 nitrogen and oxygen atoms in total. The summed E-state index contributed by atoms with van der Waals surface area (Å²) in [6, 6.07) is 28.7. The summed E-state index contributed by atoms with van der Waals surface area (Å²) >= 11 is 0. The molecule has 0 amide bonds. The average Bonchev–Trinajstić information content (AvgIpc) is 3.34. The lowest BCUT2D eigenvalue weighted by atomic mass is 10.1. The first-order chi connectivity index (χ1) is 15.9. The molecular formula is C27H19N3O2. The molecule has 5 aromatic rings. The van der Waals surface area contributed by atoms with Crippen molar-refractivity contribution < 1.29 is 9.15 Å². The molecule has 154 valence electrons. The van der Waals surface area contributed by atoms with Crippen molar-refractivity contribution in [2.24, 2.45) is 0 Å². The SMILES string of the molecule is c1ccc(-c2cccc(N3c4ccccc4COc4ccc(-c5ncco5)cc43)c2)nc1. The number of nitrogens with zero attached hydrogens (tertiary/aromatic N) is 3. The highest BCUT2D eigenvalue weighted by atomic mass is 16.5. The third-order valence-corrected chi connectivity index (χ3v) is 5.56. The van der Waals surface area contributed by atoms with Gasteiger partial charge in [-0.15, -0.1) is 0 Å². The van der Waals surface area contributed by atoms with E-state index < -0.39 is 0 Å². The van der Waals surface area contributed by atoms with E-state index in [1.807, 2.05) is 42.6 Å². The minimum Gasteiger partial charge on any atom is -0.487 e. The van der Waals surface area contributed by atoms with Gasteiger partial charge in [-0.25, -0.2) is 4.98 Å². The zero-order chi connectivity index (χ0) is 21.3. The summed E-state index contributed by atoms with van der Waals surface area (Å²) in [5.74, 6) is 1.38. The van der Waals surface area contributed by atoms with E-state index in [0.717, 1.165) is 45.2 Å². The number of oxazole rings is 1. The summed E-state index contributed by atoms with van der Waals surface area (Å²) in [5, 5.41) is 0.